The molecule has 172 valence electrons. The van der Waals surface area contributed by atoms with Crippen molar-refractivity contribution in [2.75, 3.05) is 50.0 Å². The molecule has 0 bridgehead atoms. The molecule has 2 amide bonds. The lowest BCUT2D eigenvalue weighted by Crippen LogP contribution is -2.50. The average molecular weight is 488 g/mol. The molecule has 33 heavy (non-hydrogen) atoms. The van der Waals surface area contributed by atoms with E-state index in [1.54, 1.807) is 29.2 Å². The quantitative estimate of drug-likeness (QED) is 0.480. The summed E-state index contributed by atoms with van der Waals surface area (Å²) >= 11 is 7.48. The monoisotopic (exact) mass is 487 g/mol. The first-order chi connectivity index (χ1) is 16.0. The number of hydrogen-bond donors (Lipinski definition) is 0. The predicted molar refractivity (Wildman–Crippen MR) is 126 cm³/mol. The van der Waals surface area contributed by atoms with Gasteiger partial charge in [-0.25, -0.2) is 19.7 Å². The van der Waals surface area contributed by atoms with E-state index < -0.39 is 12.3 Å². The molecule has 3 aliphatic rings. The van der Waals surface area contributed by atoms with Gasteiger partial charge < -0.3 is 14.4 Å². The highest BCUT2D eigenvalue weighted by molar-refractivity contribution is 8.03. The maximum Gasteiger partial charge on any atom is 0.412 e. The molecule has 5 heterocycles. The zero-order valence-corrected chi connectivity index (χ0v) is 19.3. The van der Waals surface area contributed by atoms with Crippen molar-refractivity contribution in [3.63, 3.8) is 0 Å². The van der Waals surface area contributed by atoms with E-state index in [9.17, 15) is 9.59 Å². The molecule has 2 aromatic rings. The molecule has 0 N–H and O–H groups in total. The maximum atomic E-state index is 13.2. The highest BCUT2D eigenvalue weighted by Crippen LogP contribution is 2.40. The van der Waals surface area contributed by atoms with E-state index in [4.69, 9.17) is 21.1 Å². The topological polar surface area (TPSA) is 88.1 Å². The molecule has 1 unspecified atom stereocenters. The summed E-state index contributed by atoms with van der Waals surface area (Å²) in [5, 5.41) is 1.08. The standard InChI is InChI=1S/C22H22ClN5O4S/c1-2-7-26-8-10-27(11-9-26)22(30)32-21-18-17(31-12-13-33-18)20(29)28(21)16-6-4-14-3-5-15(23)24-19(14)25-16/h2-6,21H,1,7-13H2. The van der Waals surface area contributed by atoms with Crippen LogP contribution in [0.5, 0.6) is 0 Å². The number of ether oxygens (including phenoxy) is 2. The van der Waals surface area contributed by atoms with E-state index in [0.29, 0.717) is 47.0 Å². The SMILES string of the molecule is C=CCN1CCN(C(=O)OC2C3=C(OCCS3)C(=O)N2c2ccc3ccc(Cl)nc3n2)CC1. The van der Waals surface area contributed by atoms with Crippen molar-refractivity contribution in [2.45, 2.75) is 6.23 Å². The minimum absolute atomic E-state index is 0.209. The van der Waals surface area contributed by atoms with E-state index in [-0.39, 0.29) is 11.7 Å². The fraction of sp³-hybridized carbons (Fsp3) is 0.364. The van der Waals surface area contributed by atoms with Gasteiger partial charge in [-0.05, 0) is 24.3 Å². The largest absolute Gasteiger partial charge is 0.486 e. The Hall–Kier alpha value is -2.82. The number of fused-ring (bicyclic) bond motifs is 1. The van der Waals surface area contributed by atoms with Crippen LogP contribution in [-0.4, -0.2) is 83.1 Å². The van der Waals surface area contributed by atoms with Crippen molar-refractivity contribution >= 4 is 52.2 Å². The number of thioether (sulfide) groups is 1. The van der Waals surface area contributed by atoms with Gasteiger partial charge in [0.2, 0.25) is 6.23 Å². The summed E-state index contributed by atoms with van der Waals surface area (Å²) in [4.78, 5) is 40.9. The molecule has 1 fully saturated rings. The third kappa shape index (κ3) is 4.25. The van der Waals surface area contributed by atoms with Gasteiger partial charge in [-0.3, -0.25) is 9.69 Å². The Kier molecular flexibility index (Phi) is 6.13. The van der Waals surface area contributed by atoms with E-state index in [0.717, 1.165) is 25.0 Å². The summed E-state index contributed by atoms with van der Waals surface area (Å²) in [5.74, 6) is 0.797. The lowest BCUT2D eigenvalue weighted by atomic mass is 10.3. The van der Waals surface area contributed by atoms with Gasteiger partial charge in [0.15, 0.2) is 11.4 Å². The van der Waals surface area contributed by atoms with Crippen LogP contribution in [-0.2, 0) is 14.3 Å². The number of amides is 2. The van der Waals surface area contributed by atoms with Crippen molar-refractivity contribution in [3.05, 3.63) is 52.7 Å². The molecule has 1 saturated heterocycles. The van der Waals surface area contributed by atoms with Gasteiger partial charge in [0.1, 0.15) is 11.0 Å². The van der Waals surface area contributed by atoms with Crippen molar-refractivity contribution < 1.29 is 19.1 Å². The molecule has 2 aromatic heterocycles. The molecule has 3 aliphatic heterocycles. The smallest absolute Gasteiger partial charge is 0.412 e. The van der Waals surface area contributed by atoms with Crippen LogP contribution in [0.15, 0.2) is 47.6 Å². The molecule has 0 radical (unpaired) electrons. The minimum atomic E-state index is -0.944. The molecular formula is C22H22ClN5O4S. The van der Waals surface area contributed by atoms with Gasteiger partial charge >= 0.3 is 6.09 Å². The van der Waals surface area contributed by atoms with Crippen molar-refractivity contribution in [1.82, 2.24) is 19.8 Å². The molecule has 0 saturated carbocycles. The van der Waals surface area contributed by atoms with Gasteiger partial charge in [0, 0.05) is 43.9 Å². The number of carbonyl (C=O) groups excluding carboxylic acids is 2. The molecule has 0 aromatic carbocycles. The molecule has 9 nitrogen and oxygen atoms in total. The number of aromatic nitrogens is 2. The van der Waals surface area contributed by atoms with E-state index >= 15 is 0 Å². The van der Waals surface area contributed by atoms with E-state index in [1.807, 2.05) is 6.08 Å². The Morgan fingerprint density at radius 2 is 2.03 bits per heavy atom. The van der Waals surface area contributed by atoms with Crippen molar-refractivity contribution in [2.24, 2.45) is 0 Å². The summed E-state index contributed by atoms with van der Waals surface area (Å²) in [6.07, 6.45) is 0.432. The number of carbonyl (C=O) groups is 2. The maximum absolute atomic E-state index is 13.2. The number of halogens is 1. The highest BCUT2D eigenvalue weighted by Gasteiger charge is 2.47. The lowest BCUT2D eigenvalue weighted by molar-refractivity contribution is -0.118. The first-order valence-electron chi connectivity index (χ1n) is 10.6. The molecule has 1 atom stereocenters. The Morgan fingerprint density at radius 1 is 1.24 bits per heavy atom. The fourth-order valence-electron chi connectivity index (χ4n) is 4.01. The number of rotatable bonds is 4. The lowest BCUT2D eigenvalue weighted by Gasteiger charge is -2.35. The normalized spacial score (nSPS) is 21.2. The van der Waals surface area contributed by atoms with E-state index in [2.05, 4.69) is 21.4 Å². The Morgan fingerprint density at radius 3 is 2.82 bits per heavy atom. The Bertz CT molecular complexity index is 1150. The summed E-state index contributed by atoms with van der Waals surface area (Å²) < 4.78 is 11.5. The number of pyridine rings is 2. The summed E-state index contributed by atoms with van der Waals surface area (Å²) in [6.45, 7) is 7.51. The molecule has 11 heteroatoms. The zero-order chi connectivity index (χ0) is 22.9. The second kappa shape index (κ2) is 9.20. The van der Waals surface area contributed by atoms with Crippen LogP contribution in [0, 0.1) is 0 Å². The fourth-order valence-corrected chi connectivity index (χ4v) is 5.11. The zero-order valence-electron chi connectivity index (χ0n) is 17.8. The second-order valence-corrected chi connectivity index (χ2v) is 9.25. The Balaban J connectivity index is 1.42. The van der Waals surface area contributed by atoms with Crippen LogP contribution in [0.2, 0.25) is 5.15 Å². The summed E-state index contributed by atoms with van der Waals surface area (Å²) in [5.41, 5.74) is 0.398. The molecule has 0 aliphatic carbocycles. The van der Waals surface area contributed by atoms with E-state index in [1.165, 1.54) is 16.7 Å². The number of anilines is 1. The van der Waals surface area contributed by atoms with Crippen LogP contribution in [0.4, 0.5) is 10.6 Å². The third-order valence-electron chi connectivity index (χ3n) is 5.66. The number of piperazine rings is 1. The van der Waals surface area contributed by atoms with Gasteiger partial charge in [-0.2, -0.15) is 0 Å². The minimum Gasteiger partial charge on any atom is -0.486 e. The second-order valence-electron chi connectivity index (χ2n) is 7.73. The summed E-state index contributed by atoms with van der Waals surface area (Å²) in [7, 11) is 0. The van der Waals surface area contributed by atoms with Crippen molar-refractivity contribution in [3.8, 4) is 0 Å². The molecule has 5 rings (SSSR count). The van der Waals surface area contributed by atoms with Gasteiger partial charge in [0.25, 0.3) is 5.91 Å². The van der Waals surface area contributed by atoms with Gasteiger partial charge in [-0.1, -0.05) is 17.7 Å². The number of nitrogens with zero attached hydrogens (tertiary/aromatic N) is 5. The highest BCUT2D eigenvalue weighted by atomic mass is 35.5. The van der Waals surface area contributed by atoms with Crippen LogP contribution < -0.4 is 4.90 Å². The van der Waals surface area contributed by atoms with Crippen LogP contribution in [0.3, 0.4) is 0 Å². The third-order valence-corrected chi connectivity index (χ3v) is 6.94. The van der Waals surface area contributed by atoms with Crippen molar-refractivity contribution in [1.29, 1.82) is 0 Å². The molecule has 0 spiro atoms. The average Bonchev–Trinajstić information content (AvgIpc) is 3.11. The van der Waals surface area contributed by atoms with Crippen LogP contribution in [0.1, 0.15) is 0 Å². The first kappa shape index (κ1) is 22.0. The predicted octanol–water partition coefficient (Wildman–Crippen LogP) is 2.87. The first-order valence-corrected chi connectivity index (χ1v) is 12.0. The van der Waals surface area contributed by atoms with Gasteiger partial charge in [-0.15, -0.1) is 18.3 Å². The Labute approximate surface area is 200 Å². The number of hydrogen-bond acceptors (Lipinski definition) is 8. The summed E-state index contributed by atoms with van der Waals surface area (Å²) in [6, 6.07) is 6.99. The van der Waals surface area contributed by atoms with Crippen LogP contribution in [0.25, 0.3) is 11.0 Å². The van der Waals surface area contributed by atoms with Crippen LogP contribution >= 0.6 is 23.4 Å². The van der Waals surface area contributed by atoms with Gasteiger partial charge in [0.05, 0.1) is 11.5 Å². The molecular weight excluding hydrogens is 466 g/mol.